The molecule has 1 aliphatic carbocycles. The number of fused-ring (bicyclic) bond motifs is 2. The average molecular weight is 704 g/mol. The van der Waals surface area contributed by atoms with Crippen LogP contribution >= 0.6 is 0 Å². The highest BCUT2D eigenvalue weighted by Crippen LogP contribution is 2.57. The van der Waals surface area contributed by atoms with Gasteiger partial charge in [-0.3, -0.25) is 9.78 Å². The molecule has 0 radical (unpaired) electrons. The van der Waals surface area contributed by atoms with Crippen LogP contribution in [0.15, 0.2) is 48.5 Å². The van der Waals surface area contributed by atoms with Gasteiger partial charge in [0.25, 0.3) is 0 Å². The van der Waals surface area contributed by atoms with Gasteiger partial charge in [0.15, 0.2) is 19.8 Å². The SMILES string of the molecule is CCCCc1ccc2c(n1)[C@@H](c1ccc(OC)cc1C[C@H](C)CO[Si](C)(C)C(C)(C)C)[C@H](C(=O)OC(C)(C)C)C2(O)c1ccc2c(c1)OCO2. The minimum absolute atomic E-state index is 0.0980. The summed E-state index contributed by atoms with van der Waals surface area (Å²) in [5.41, 5.74) is 2.11. The minimum Gasteiger partial charge on any atom is -0.497 e. The zero-order valence-electron chi connectivity index (χ0n) is 31.9. The number of carbonyl (C=O) groups excluding carboxylic acids is 1. The van der Waals surface area contributed by atoms with Crippen molar-refractivity contribution >= 4 is 14.3 Å². The van der Waals surface area contributed by atoms with E-state index in [-0.39, 0.29) is 17.7 Å². The molecule has 3 aromatic rings. The molecule has 2 aromatic carbocycles. The normalized spacial score (nSPS) is 20.8. The second-order valence-corrected chi connectivity index (χ2v) is 21.4. The van der Waals surface area contributed by atoms with Crippen molar-refractivity contribution in [1.29, 1.82) is 0 Å². The van der Waals surface area contributed by atoms with Gasteiger partial charge in [-0.1, -0.05) is 59.2 Å². The molecule has 2 aliphatic rings. The van der Waals surface area contributed by atoms with Crippen molar-refractivity contribution in [1.82, 2.24) is 4.98 Å². The Labute approximate surface area is 300 Å². The lowest BCUT2D eigenvalue weighted by Gasteiger charge is -2.37. The van der Waals surface area contributed by atoms with Crippen molar-refractivity contribution in [2.24, 2.45) is 11.8 Å². The number of aromatic nitrogens is 1. The van der Waals surface area contributed by atoms with Crippen LogP contribution in [0.4, 0.5) is 0 Å². The summed E-state index contributed by atoms with van der Waals surface area (Å²) < 4.78 is 29.9. The van der Waals surface area contributed by atoms with Gasteiger partial charge in [-0.15, -0.1) is 0 Å². The van der Waals surface area contributed by atoms with Crippen molar-refractivity contribution in [2.45, 2.75) is 116 Å². The Hall–Kier alpha value is -3.40. The smallest absolute Gasteiger partial charge is 0.314 e. The highest BCUT2D eigenvalue weighted by Gasteiger charge is 2.59. The van der Waals surface area contributed by atoms with E-state index in [2.05, 4.69) is 53.8 Å². The molecule has 0 saturated carbocycles. The fraction of sp³-hybridized carbons (Fsp3) is 0.561. The number of aryl methyl sites for hydroxylation is 1. The molecule has 4 atom stereocenters. The molecular weight excluding hydrogens is 647 g/mol. The number of methoxy groups -OCH3 is 1. The van der Waals surface area contributed by atoms with Gasteiger partial charge in [0, 0.05) is 23.8 Å². The second kappa shape index (κ2) is 14.3. The summed E-state index contributed by atoms with van der Waals surface area (Å²) in [5.74, 6) is -0.121. The minimum atomic E-state index is -1.97. The van der Waals surface area contributed by atoms with Gasteiger partial charge in [-0.2, -0.15) is 0 Å². The third kappa shape index (κ3) is 7.60. The summed E-state index contributed by atoms with van der Waals surface area (Å²) in [6.45, 7) is 21.9. The number of pyridine rings is 1. The maximum absolute atomic E-state index is 14.7. The summed E-state index contributed by atoms with van der Waals surface area (Å²) in [6, 6.07) is 15.4. The topological polar surface area (TPSA) is 96.3 Å². The summed E-state index contributed by atoms with van der Waals surface area (Å²) in [4.78, 5) is 19.9. The molecule has 9 heteroatoms. The molecule has 1 aromatic heterocycles. The standard InChI is InChI=1S/C41H57NO7Si/c1-12-13-14-29-16-19-32-37(42-29)35(31-18-17-30(45-9)22-27(31)21-26(2)24-48-50(10,11)40(6,7)8)36(38(43)49-39(3,4)5)41(32,44)28-15-20-33-34(23-28)47-25-46-33/h15-20,22-23,26,35-36,44H,12-14,21,24-25H2,1-11H3/t26-,35-,36+,41?/m0/s1. The lowest BCUT2D eigenvalue weighted by molar-refractivity contribution is -0.168. The van der Waals surface area contributed by atoms with Gasteiger partial charge in [-0.25, -0.2) is 0 Å². The number of esters is 1. The monoisotopic (exact) mass is 703 g/mol. The van der Waals surface area contributed by atoms with Crippen LogP contribution in [0.5, 0.6) is 17.2 Å². The second-order valence-electron chi connectivity index (χ2n) is 16.6. The Morgan fingerprint density at radius 1 is 1.04 bits per heavy atom. The number of rotatable bonds is 12. The van der Waals surface area contributed by atoms with E-state index >= 15 is 0 Å². The summed E-state index contributed by atoms with van der Waals surface area (Å²) in [5, 5.41) is 13.3. The maximum Gasteiger partial charge on any atom is 0.314 e. The van der Waals surface area contributed by atoms with Crippen molar-refractivity contribution < 1.29 is 33.3 Å². The Balaban J connectivity index is 1.69. The number of nitrogens with zero attached hydrogens (tertiary/aromatic N) is 1. The first kappa shape index (κ1) is 37.8. The van der Waals surface area contributed by atoms with Crippen LogP contribution in [0.3, 0.4) is 0 Å². The molecule has 5 rings (SSSR count). The zero-order chi connectivity index (χ0) is 36.6. The average Bonchev–Trinajstić information content (AvgIpc) is 3.61. The number of hydrogen-bond donors (Lipinski definition) is 1. The molecule has 1 unspecified atom stereocenters. The van der Waals surface area contributed by atoms with E-state index in [1.54, 1.807) is 19.2 Å². The summed E-state index contributed by atoms with van der Waals surface area (Å²) >= 11 is 0. The van der Waals surface area contributed by atoms with Crippen LogP contribution in [0.25, 0.3) is 0 Å². The largest absolute Gasteiger partial charge is 0.497 e. The van der Waals surface area contributed by atoms with Crippen molar-refractivity contribution in [3.05, 3.63) is 82.2 Å². The van der Waals surface area contributed by atoms with Crippen LogP contribution in [-0.4, -0.2) is 50.5 Å². The van der Waals surface area contributed by atoms with Gasteiger partial charge < -0.3 is 28.5 Å². The zero-order valence-corrected chi connectivity index (χ0v) is 32.9. The molecule has 0 saturated heterocycles. The van der Waals surface area contributed by atoms with E-state index in [1.165, 1.54) is 0 Å². The molecule has 0 spiro atoms. The van der Waals surface area contributed by atoms with Crippen LogP contribution in [0, 0.1) is 11.8 Å². The van der Waals surface area contributed by atoms with Crippen LogP contribution < -0.4 is 14.2 Å². The first-order valence-corrected chi connectivity index (χ1v) is 21.0. The highest BCUT2D eigenvalue weighted by molar-refractivity contribution is 6.74. The number of benzene rings is 2. The van der Waals surface area contributed by atoms with E-state index in [0.29, 0.717) is 41.3 Å². The molecule has 1 aliphatic heterocycles. The predicted molar refractivity (Wildman–Crippen MR) is 199 cm³/mol. The van der Waals surface area contributed by atoms with Gasteiger partial charge in [0.2, 0.25) is 6.79 Å². The quantitative estimate of drug-likeness (QED) is 0.148. The van der Waals surface area contributed by atoms with Crippen molar-refractivity contribution in [2.75, 3.05) is 20.5 Å². The summed E-state index contributed by atoms with van der Waals surface area (Å²) in [7, 11) is -0.304. The maximum atomic E-state index is 14.7. The van der Waals surface area contributed by atoms with E-state index < -0.39 is 37.3 Å². The fourth-order valence-electron chi connectivity index (χ4n) is 6.80. The van der Waals surface area contributed by atoms with Crippen molar-refractivity contribution in [3.63, 3.8) is 0 Å². The molecular formula is C41H57NO7Si. The van der Waals surface area contributed by atoms with Crippen LogP contribution in [-0.2, 0) is 32.4 Å². The third-order valence-corrected chi connectivity index (χ3v) is 15.0. The first-order chi connectivity index (χ1) is 23.4. The van der Waals surface area contributed by atoms with Crippen LogP contribution in [0.2, 0.25) is 18.1 Å². The fourth-order valence-corrected chi connectivity index (χ4v) is 7.93. The molecule has 0 fully saturated rings. The molecule has 2 heterocycles. The van der Waals surface area contributed by atoms with Gasteiger partial charge in [0.05, 0.1) is 12.8 Å². The van der Waals surface area contributed by atoms with Gasteiger partial charge >= 0.3 is 5.97 Å². The van der Waals surface area contributed by atoms with E-state index in [9.17, 15) is 9.90 Å². The number of carbonyl (C=O) groups is 1. The Bertz CT molecular complexity index is 1690. The number of ether oxygens (including phenoxy) is 4. The Kier molecular flexibility index (Phi) is 10.8. The van der Waals surface area contributed by atoms with Gasteiger partial charge in [0.1, 0.15) is 22.9 Å². The number of hydrogen-bond acceptors (Lipinski definition) is 8. The molecule has 1 N–H and O–H groups in total. The molecule has 50 heavy (non-hydrogen) atoms. The Morgan fingerprint density at radius 2 is 1.76 bits per heavy atom. The first-order valence-electron chi connectivity index (χ1n) is 18.1. The number of unbranched alkanes of at least 4 members (excludes halogenated alkanes) is 1. The molecule has 0 amide bonds. The van der Waals surface area contributed by atoms with E-state index in [4.69, 9.17) is 28.4 Å². The predicted octanol–water partition coefficient (Wildman–Crippen LogP) is 8.70. The lowest BCUT2D eigenvalue weighted by atomic mass is 9.75. The summed E-state index contributed by atoms with van der Waals surface area (Å²) in [6.07, 6.45) is 3.50. The third-order valence-electron chi connectivity index (χ3n) is 10.5. The highest BCUT2D eigenvalue weighted by atomic mass is 28.4. The lowest BCUT2D eigenvalue weighted by Crippen LogP contribution is -2.43. The molecule has 8 nitrogen and oxygen atoms in total. The number of aliphatic hydroxyl groups is 1. The van der Waals surface area contributed by atoms with Gasteiger partial charge in [-0.05, 0) is 111 Å². The molecule has 272 valence electrons. The van der Waals surface area contributed by atoms with Crippen molar-refractivity contribution in [3.8, 4) is 17.2 Å². The van der Waals surface area contributed by atoms with E-state index in [0.717, 1.165) is 41.8 Å². The van der Waals surface area contributed by atoms with E-state index in [1.807, 2.05) is 51.1 Å². The molecule has 0 bridgehead atoms. The van der Waals surface area contributed by atoms with Crippen LogP contribution in [0.1, 0.15) is 108 Å². The Morgan fingerprint density at radius 3 is 2.42 bits per heavy atom.